The molecule has 1 aromatic carbocycles. The first-order chi connectivity index (χ1) is 10.7. The van der Waals surface area contributed by atoms with Gasteiger partial charge in [-0.05, 0) is 19.9 Å². The number of nitrogens with zero attached hydrogens (tertiary/aromatic N) is 4. The molecule has 0 atom stereocenters. The summed E-state index contributed by atoms with van der Waals surface area (Å²) in [5, 5.41) is 10.4. The van der Waals surface area contributed by atoms with Crippen LogP contribution in [0.2, 0.25) is 0 Å². The number of aryl methyl sites for hydroxylation is 1. The second kappa shape index (κ2) is 7.76. The zero-order valence-electron chi connectivity index (χ0n) is 12.7. The van der Waals surface area contributed by atoms with Gasteiger partial charge in [0.25, 0.3) is 0 Å². The van der Waals surface area contributed by atoms with Gasteiger partial charge in [0.1, 0.15) is 10.9 Å². The number of carbonyl (C=O) groups is 1. The van der Waals surface area contributed by atoms with E-state index in [9.17, 15) is 4.79 Å². The number of para-hydroxylation sites is 1. The summed E-state index contributed by atoms with van der Waals surface area (Å²) >= 11 is 1.42. The molecule has 0 aliphatic rings. The van der Waals surface area contributed by atoms with Crippen molar-refractivity contribution >= 4 is 28.6 Å². The summed E-state index contributed by atoms with van der Waals surface area (Å²) in [7, 11) is 0. The van der Waals surface area contributed by atoms with Crippen LogP contribution in [0.3, 0.4) is 0 Å². The van der Waals surface area contributed by atoms with Crippen molar-refractivity contribution in [3.05, 3.63) is 30.1 Å². The Morgan fingerprint density at radius 2 is 2.14 bits per heavy atom. The normalized spacial score (nSPS) is 10.4. The van der Waals surface area contributed by atoms with Gasteiger partial charge >= 0.3 is 0 Å². The maximum Gasteiger partial charge on any atom is 0.233 e. The van der Waals surface area contributed by atoms with Crippen molar-refractivity contribution < 1.29 is 4.79 Å². The van der Waals surface area contributed by atoms with Crippen molar-refractivity contribution in [1.29, 1.82) is 5.26 Å². The monoisotopic (exact) mass is 314 g/mol. The lowest BCUT2D eigenvalue weighted by Crippen LogP contribution is -2.33. The first-order valence-corrected chi connectivity index (χ1v) is 8.15. The van der Waals surface area contributed by atoms with E-state index in [2.05, 4.69) is 16.0 Å². The minimum absolute atomic E-state index is 0.0306. The molecule has 1 heterocycles. The highest BCUT2D eigenvalue weighted by molar-refractivity contribution is 8.00. The lowest BCUT2D eigenvalue weighted by Gasteiger charge is -2.19. The second-order valence-electron chi connectivity index (χ2n) is 4.76. The van der Waals surface area contributed by atoms with E-state index >= 15 is 0 Å². The SMILES string of the molecule is CCN(CCC#N)C(=O)CSc1nc(C)nc2ccccc12. The molecule has 0 fully saturated rings. The van der Waals surface area contributed by atoms with Crippen LogP contribution in [0.4, 0.5) is 0 Å². The van der Waals surface area contributed by atoms with Crippen LogP contribution in [-0.2, 0) is 4.79 Å². The van der Waals surface area contributed by atoms with Crippen molar-refractivity contribution in [2.75, 3.05) is 18.8 Å². The summed E-state index contributed by atoms with van der Waals surface area (Å²) in [6.45, 7) is 4.87. The van der Waals surface area contributed by atoms with Gasteiger partial charge in [0.15, 0.2) is 0 Å². The van der Waals surface area contributed by atoms with Crippen molar-refractivity contribution in [2.45, 2.75) is 25.3 Å². The van der Waals surface area contributed by atoms with Gasteiger partial charge in [-0.15, -0.1) is 0 Å². The topological polar surface area (TPSA) is 69.9 Å². The molecule has 0 spiro atoms. The number of nitriles is 1. The molecular weight excluding hydrogens is 296 g/mol. The van der Waals surface area contributed by atoms with Gasteiger partial charge in [-0.25, -0.2) is 9.97 Å². The largest absolute Gasteiger partial charge is 0.341 e. The Kier molecular flexibility index (Phi) is 5.73. The predicted octanol–water partition coefficient (Wildman–Crippen LogP) is 2.79. The maximum atomic E-state index is 12.2. The zero-order valence-corrected chi connectivity index (χ0v) is 13.6. The third-order valence-corrected chi connectivity index (χ3v) is 4.22. The number of aromatic nitrogens is 2. The summed E-state index contributed by atoms with van der Waals surface area (Å²) < 4.78 is 0. The van der Waals surface area contributed by atoms with E-state index < -0.39 is 0 Å². The minimum Gasteiger partial charge on any atom is -0.341 e. The van der Waals surface area contributed by atoms with Gasteiger partial charge in [-0.1, -0.05) is 30.0 Å². The highest BCUT2D eigenvalue weighted by atomic mass is 32.2. The summed E-state index contributed by atoms with van der Waals surface area (Å²) in [5.74, 6) is 1.05. The van der Waals surface area contributed by atoms with E-state index in [1.807, 2.05) is 38.1 Å². The van der Waals surface area contributed by atoms with Crippen molar-refractivity contribution in [1.82, 2.24) is 14.9 Å². The molecule has 2 aromatic rings. The smallest absolute Gasteiger partial charge is 0.233 e. The average molecular weight is 314 g/mol. The Bertz CT molecular complexity index is 711. The molecule has 0 N–H and O–H groups in total. The molecule has 0 saturated heterocycles. The van der Waals surface area contributed by atoms with Crippen molar-refractivity contribution in [3.63, 3.8) is 0 Å². The summed E-state index contributed by atoms with van der Waals surface area (Å²) in [6, 6.07) is 9.87. The van der Waals surface area contributed by atoms with Crippen LogP contribution in [0.1, 0.15) is 19.2 Å². The first-order valence-electron chi connectivity index (χ1n) is 7.16. The predicted molar refractivity (Wildman–Crippen MR) is 87.5 cm³/mol. The van der Waals surface area contributed by atoms with Crippen LogP contribution >= 0.6 is 11.8 Å². The van der Waals surface area contributed by atoms with Crippen LogP contribution in [0.15, 0.2) is 29.3 Å². The molecule has 2 rings (SSSR count). The molecule has 5 nitrogen and oxygen atoms in total. The number of carbonyl (C=O) groups excluding carboxylic acids is 1. The van der Waals surface area contributed by atoms with Crippen molar-refractivity contribution in [2.24, 2.45) is 0 Å². The Morgan fingerprint density at radius 3 is 2.86 bits per heavy atom. The number of benzene rings is 1. The molecule has 0 aliphatic carbocycles. The zero-order chi connectivity index (χ0) is 15.9. The Labute approximate surface area is 134 Å². The summed E-state index contributed by atoms with van der Waals surface area (Å²) in [6.07, 6.45) is 0.361. The molecule has 0 saturated carbocycles. The fourth-order valence-electron chi connectivity index (χ4n) is 2.13. The van der Waals surface area contributed by atoms with Gasteiger partial charge < -0.3 is 4.90 Å². The average Bonchev–Trinajstić information content (AvgIpc) is 2.53. The molecule has 6 heteroatoms. The Hall–Kier alpha value is -2.13. The van der Waals surface area contributed by atoms with Crippen LogP contribution in [0.25, 0.3) is 10.9 Å². The van der Waals surface area contributed by atoms with E-state index in [1.54, 1.807) is 4.90 Å². The minimum atomic E-state index is 0.0306. The van der Waals surface area contributed by atoms with E-state index in [0.717, 1.165) is 15.9 Å². The van der Waals surface area contributed by atoms with Gasteiger partial charge in [0, 0.05) is 18.5 Å². The lowest BCUT2D eigenvalue weighted by atomic mass is 10.2. The molecule has 22 heavy (non-hydrogen) atoms. The molecule has 0 aliphatic heterocycles. The van der Waals surface area contributed by atoms with Crippen LogP contribution < -0.4 is 0 Å². The Morgan fingerprint density at radius 1 is 1.36 bits per heavy atom. The number of rotatable bonds is 6. The van der Waals surface area contributed by atoms with Crippen LogP contribution in [-0.4, -0.2) is 39.6 Å². The highest BCUT2D eigenvalue weighted by Gasteiger charge is 2.13. The lowest BCUT2D eigenvalue weighted by molar-refractivity contribution is -0.128. The van der Waals surface area contributed by atoms with E-state index in [-0.39, 0.29) is 5.91 Å². The molecule has 1 amide bonds. The molecule has 0 unspecified atom stereocenters. The van der Waals surface area contributed by atoms with Gasteiger partial charge in [-0.2, -0.15) is 5.26 Å². The molecule has 1 aromatic heterocycles. The standard InChI is InChI=1S/C16H18N4OS/c1-3-20(10-6-9-17)15(21)11-22-16-13-7-4-5-8-14(13)18-12(2)19-16/h4-5,7-8H,3,6,10-11H2,1-2H3. The third-order valence-electron chi connectivity index (χ3n) is 3.24. The van der Waals surface area contributed by atoms with Crippen molar-refractivity contribution in [3.8, 4) is 6.07 Å². The number of hydrogen-bond donors (Lipinski definition) is 0. The fraction of sp³-hybridized carbons (Fsp3) is 0.375. The van der Waals surface area contributed by atoms with Crippen LogP contribution in [0.5, 0.6) is 0 Å². The molecule has 0 bridgehead atoms. The van der Waals surface area contributed by atoms with E-state index in [1.165, 1.54) is 11.8 Å². The van der Waals surface area contributed by atoms with Gasteiger partial charge in [0.2, 0.25) is 5.91 Å². The molecule has 114 valence electrons. The molecule has 0 radical (unpaired) electrons. The summed E-state index contributed by atoms with van der Waals surface area (Å²) in [5.41, 5.74) is 0.891. The number of amides is 1. The third kappa shape index (κ3) is 3.95. The number of hydrogen-bond acceptors (Lipinski definition) is 5. The highest BCUT2D eigenvalue weighted by Crippen LogP contribution is 2.25. The van der Waals surface area contributed by atoms with E-state index in [0.29, 0.717) is 31.1 Å². The number of thioether (sulfide) groups is 1. The fourth-order valence-corrected chi connectivity index (χ4v) is 3.10. The van der Waals surface area contributed by atoms with E-state index in [4.69, 9.17) is 5.26 Å². The van der Waals surface area contributed by atoms with Gasteiger partial charge in [0.05, 0.1) is 23.8 Å². The van der Waals surface area contributed by atoms with Crippen LogP contribution in [0, 0.1) is 18.3 Å². The quantitative estimate of drug-likeness (QED) is 0.605. The molecular formula is C16H18N4OS. The first kappa shape index (κ1) is 16.2. The summed E-state index contributed by atoms with van der Waals surface area (Å²) in [4.78, 5) is 22.8. The maximum absolute atomic E-state index is 12.2. The Balaban J connectivity index is 2.11. The van der Waals surface area contributed by atoms with Gasteiger partial charge in [-0.3, -0.25) is 4.79 Å². The second-order valence-corrected chi connectivity index (χ2v) is 5.73. The number of fused-ring (bicyclic) bond motifs is 1.